The van der Waals surface area contributed by atoms with Crippen molar-refractivity contribution in [1.82, 2.24) is 5.32 Å². The lowest BCUT2D eigenvalue weighted by Gasteiger charge is -2.29. The van der Waals surface area contributed by atoms with Crippen LogP contribution in [-0.4, -0.2) is 26.3 Å². The standard InChI is InChI=1S/C11H23NO/c1-3-10-5-4-6-11(9-10)12-7-8-13-2/h10-12H,3-9H2,1-2H3. The van der Waals surface area contributed by atoms with Crippen LogP contribution in [0.3, 0.4) is 0 Å². The summed E-state index contributed by atoms with van der Waals surface area (Å²) in [4.78, 5) is 0. The molecule has 2 heteroatoms. The van der Waals surface area contributed by atoms with Gasteiger partial charge >= 0.3 is 0 Å². The largest absolute Gasteiger partial charge is 0.383 e. The number of methoxy groups -OCH3 is 1. The Bertz CT molecular complexity index is 127. The zero-order valence-electron chi connectivity index (χ0n) is 9.01. The van der Waals surface area contributed by atoms with Crippen molar-refractivity contribution < 1.29 is 4.74 Å². The van der Waals surface area contributed by atoms with E-state index in [4.69, 9.17) is 4.74 Å². The maximum Gasteiger partial charge on any atom is 0.0587 e. The Balaban J connectivity index is 2.11. The van der Waals surface area contributed by atoms with E-state index in [1.807, 2.05) is 0 Å². The van der Waals surface area contributed by atoms with Gasteiger partial charge in [0.25, 0.3) is 0 Å². The van der Waals surface area contributed by atoms with Crippen LogP contribution in [0.4, 0.5) is 0 Å². The number of nitrogens with one attached hydrogen (secondary N) is 1. The van der Waals surface area contributed by atoms with E-state index in [1.54, 1.807) is 7.11 Å². The minimum atomic E-state index is 0.758. The second kappa shape index (κ2) is 6.39. The highest BCUT2D eigenvalue weighted by atomic mass is 16.5. The third-order valence-electron chi connectivity index (χ3n) is 3.10. The Kier molecular flexibility index (Phi) is 5.40. The van der Waals surface area contributed by atoms with E-state index in [0.717, 1.165) is 25.1 Å². The molecule has 1 N–H and O–H groups in total. The summed E-state index contributed by atoms with van der Waals surface area (Å²) in [5, 5.41) is 3.56. The SMILES string of the molecule is CCC1CCCC(NCCOC)C1. The van der Waals surface area contributed by atoms with E-state index in [2.05, 4.69) is 12.2 Å². The van der Waals surface area contributed by atoms with Crippen LogP contribution < -0.4 is 5.32 Å². The molecule has 13 heavy (non-hydrogen) atoms. The summed E-state index contributed by atoms with van der Waals surface area (Å²) in [6.45, 7) is 4.16. The van der Waals surface area contributed by atoms with Crippen molar-refractivity contribution >= 4 is 0 Å². The molecule has 2 nitrogen and oxygen atoms in total. The van der Waals surface area contributed by atoms with E-state index in [-0.39, 0.29) is 0 Å². The second-order valence-corrected chi connectivity index (χ2v) is 4.08. The molecule has 0 spiro atoms. The van der Waals surface area contributed by atoms with E-state index >= 15 is 0 Å². The van der Waals surface area contributed by atoms with Crippen molar-refractivity contribution in [3.63, 3.8) is 0 Å². The predicted octanol–water partition coefficient (Wildman–Crippen LogP) is 2.19. The van der Waals surface area contributed by atoms with Gasteiger partial charge in [0.15, 0.2) is 0 Å². The van der Waals surface area contributed by atoms with Crippen molar-refractivity contribution in [2.24, 2.45) is 5.92 Å². The highest BCUT2D eigenvalue weighted by Gasteiger charge is 2.19. The van der Waals surface area contributed by atoms with Gasteiger partial charge in [0.2, 0.25) is 0 Å². The highest BCUT2D eigenvalue weighted by molar-refractivity contribution is 4.76. The number of hydrogen-bond donors (Lipinski definition) is 1. The van der Waals surface area contributed by atoms with Crippen LogP contribution in [0.25, 0.3) is 0 Å². The van der Waals surface area contributed by atoms with Gasteiger partial charge in [0.05, 0.1) is 6.61 Å². The number of hydrogen-bond acceptors (Lipinski definition) is 2. The lowest BCUT2D eigenvalue weighted by atomic mass is 9.84. The minimum absolute atomic E-state index is 0.758. The first-order valence-corrected chi connectivity index (χ1v) is 5.59. The summed E-state index contributed by atoms with van der Waals surface area (Å²) in [7, 11) is 1.76. The molecule has 0 aliphatic heterocycles. The van der Waals surface area contributed by atoms with Crippen molar-refractivity contribution in [2.45, 2.75) is 45.1 Å². The number of rotatable bonds is 5. The summed E-state index contributed by atoms with van der Waals surface area (Å²) < 4.78 is 5.02. The first kappa shape index (κ1) is 11.0. The monoisotopic (exact) mass is 185 g/mol. The van der Waals surface area contributed by atoms with E-state index in [9.17, 15) is 0 Å². The van der Waals surface area contributed by atoms with Crippen molar-refractivity contribution in [3.8, 4) is 0 Å². The van der Waals surface area contributed by atoms with Crippen LogP contribution in [0, 0.1) is 5.92 Å². The summed E-state index contributed by atoms with van der Waals surface area (Å²) in [6.07, 6.45) is 6.94. The third-order valence-corrected chi connectivity index (χ3v) is 3.10. The van der Waals surface area contributed by atoms with Gasteiger partial charge in [-0.05, 0) is 18.8 Å². The average molecular weight is 185 g/mol. The lowest BCUT2D eigenvalue weighted by Crippen LogP contribution is -2.35. The van der Waals surface area contributed by atoms with Gasteiger partial charge in [0, 0.05) is 19.7 Å². The van der Waals surface area contributed by atoms with Crippen LogP contribution in [0.2, 0.25) is 0 Å². The molecule has 2 unspecified atom stereocenters. The van der Waals surface area contributed by atoms with Gasteiger partial charge in [-0.2, -0.15) is 0 Å². The normalized spacial score (nSPS) is 29.1. The summed E-state index contributed by atoms with van der Waals surface area (Å²) in [5.41, 5.74) is 0. The molecular weight excluding hydrogens is 162 g/mol. The fraction of sp³-hybridized carbons (Fsp3) is 1.00. The summed E-state index contributed by atoms with van der Waals surface area (Å²) in [5.74, 6) is 0.966. The quantitative estimate of drug-likeness (QED) is 0.663. The topological polar surface area (TPSA) is 21.3 Å². The average Bonchev–Trinajstić information content (AvgIpc) is 2.19. The molecule has 1 aliphatic rings. The first-order chi connectivity index (χ1) is 6.36. The molecule has 0 aromatic rings. The Morgan fingerprint density at radius 2 is 2.23 bits per heavy atom. The first-order valence-electron chi connectivity index (χ1n) is 5.59. The molecule has 1 aliphatic carbocycles. The van der Waals surface area contributed by atoms with E-state index in [1.165, 1.54) is 32.1 Å². The Morgan fingerprint density at radius 3 is 2.92 bits per heavy atom. The predicted molar refractivity (Wildman–Crippen MR) is 55.9 cm³/mol. The minimum Gasteiger partial charge on any atom is -0.383 e. The molecule has 0 radical (unpaired) electrons. The lowest BCUT2D eigenvalue weighted by molar-refractivity contribution is 0.187. The van der Waals surface area contributed by atoms with Gasteiger partial charge in [0.1, 0.15) is 0 Å². The van der Waals surface area contributed by atoms with Crippen LogP contribution in [0.1, 0.15) is 39.0 Å². The van der Waals surface area contributed by atoms with Gasteiger partial charge in [-0.15, -0.1) is 0 Å². The van der Waals surface area contributed by atoms with Crippen LogP contribution in [0.15, 0.2) is 0 Å². The number of ether oxygens (including phenoxy) is 1. The van der Waals surface area contributed by atoms with Crippen LogP contribution >= 0.6 is 0 Å². The van der Waals surface area contributed by atoms with Gasteiger partial charge in [-0.1, -0.05) is 26.2 Å². The van der Waals surface area contributed by atoms with Crippen molar-refractivity contribution in [1.29, 1.82) is 0 Å². The van der Waals surface area contributed by atoms with Crippen LogP contribution in [-0.2, 0) is 4.74 Å². The summed E-state index contributed by atoms with van der Waals surface area (Å²) in [6, 6.07) is 0.758. The zero-order chi connectivity index (χ0) is 9.52. The van der Waals surface area contributed by atoms with Gasteiger partial charge in [-0.25, -0.2) is 0 Å². The van der Waals surface area contributed by atoms with Crippen LogP contribution in [0.5, 0.6) is 0 Å². The molecule has 0 aromatic carbocycles. The smallest absolute Gasteiger partial charge is 0.0587 e. The molecule has 1 rings (SSSR count). The Morgan fingerprint density at radius 1 is 1.38 bits per heavy atom. The second-order valence-electron chi connectivity index (χ2n) is 4.08. The molecular formula is C11H23NO. The van der Waals surface area contributed by atoms with Gasteiger partial charge < -0.3 is 10.1 Å². The van der Waals surface area contributed by atoms with Gasteiger partial charge in [-0.3, -0.25) is 0 Å². The molecule has 0 heterocycles. The van der Waals surface area contributed by atoms with Crippen molar-refractivity contribution in [2.75, 3.05) is 20.3 Å². The van der Waals surface area contributed by atoms with E-state index < -0.39 is 0 Å². The molecule has 2 atom stereocenters. The molecule has 1 fully saturated rings. The molecule has 0 aromatic heterocycles. The Hall–Kier alpha value is -0.0800. The third kappa shape index (κ3) is 4.10. The fourth-order valence-electron chi connectivity index (χ4n) is 2.21. The molecule has 0 amide bonds. The molecule has 1 saturated carbocycles. The summed E-state index contributed by atoms with van der Waals surface area (Å²) >= 11 is 0. The maximum atomic E-state index is 5.02. The maximum absolute atomic E-state index is 5.02. The fourth-order valence-corrected chi connectivity index (χ4v) is 2.21. The highest BCUT2D eigenvalue weighted by Crippen LogP contribution is 2.26. The zero-order valence-corrected chi connectivity index (χ0v) is 9.01. The van der Waals surface area contributed by atoms with Crippen molar-refractivity contribution in [3.05, 3.63) is 0 Å². The van der Waals surface area contributed by atoms with E-state index in [0.29, 0.717) is 0 Å². The molecule has 0 saturated heterocycles. The molecule has 0 bridgehead atoms. The molecule has 78 valence electrons. The Labute approximate surface area is 82.0 Å².